The topological polar surface area (TPSA) is 48.9 Å². The zero-order valence-electron chi connectivity index (χ0n) is 7.51. The zero-order chi connectivity index (χ0) is 9.80. The van der Waals surface area contributed by atoms with E-state index in [-0.39, 0.29) is 5.88 Å². The van der Waals surface area contributed by atoms with Crippen LogP contribution in [0, 0.1) is 0 Å². The highest BCUT2D eigenvalue weighted by molar-refractivity contribution is 5.66. The fourth-order valence-corrected chi connectivity index (χ4v) is 1.15. The number of imidazole rings is 1. The second-order valence-corrected chi connectivity index (χ2v) is 2.90. The van der Waals surface area contributed by atoms with Gasteiger partial charge in [0.05, 0.1) is 6.20 Å². The number of H-pyrrole nitrogens is 1. The van der Waals surface area contributed by atoms with Gasteiger partial charge in [-0.1, -0.05) is 36.4 Å². The molecule has 0 radical (unpaired) electrons. The third-order valence-electron chi connectivity index (χ3n) is 1.82. The van der Waals surface area contributed by atoms with Crippen molar-refractivity contribution in [2.24, 2.45) is 0 Å². The second kappa shape index (κ2) is 3.79. The number of benzene rings is 1. The molecule has 0 spiro atoms. The molecule has 0 amide bonds. The SMILES string of the molecule is Oc1cnc(C=Cc2ccccc2)[nH]1. The fraction of sp³-hybridized carbons (Fsp3) is 0. The zero-order valence-corrected chi connectivity index (χ0v) is 7.51. The summed E-state index contributed by atoms with van der Waals surface area (Å²) in [5, 5.41) is 9.00. The van der Waals surface area contributed by atoms with Crippen LogP contribution in [0.5, 0.6) is 5.88 Å². The molecule has 1 aromatic heterocycles. The van der Waals surface area contributed by atoms with Crippen molar-refractivity contribution in [3.8, 4) is 5.88 Å². The van der Waals surface area contributed by atoms with Crippen molar-refractivity contribution < 1.29 is 5.11 Å². The maximum Gasteiger partial charge on any atom is 0.208 e. The highest BCUT2D eigenvalue weighted by Gasteiger charge is 1.92. The summed E-state index contributed by atoms with van der Waals surface area (Å²) < 4.78 is 0. The van der Waals surface area contributed by atoms with Gasteiger partial charge in [0, 0.05) is 0 Å². The lowest BCUT2D eigenvalue weighted by atomic mass is 10.2. The van der Waals surface area contributed by atoms with E-state index in [1.54, 1.807) is 0 Å². The van der Waals surface area contributed by atoms with E-state index in [1.165, 1.54) is 6.20 Å². The first kappa shape index (κ1) is 8.56. The van der Waals surface area contributed by atoms with Gasteiger partial charge in [-0.25, -0.2) is 4.98 Å². The average molecular weight is 186 g/mol. The molecule has 14 heavy (non-hydrogen) atoms. The lowest BCUT2D eigenvalue weighted by molar-refractivity contribution is 0.456. The van der Waals surface area contributed by atoms with E-state index in [4.69, 9.17) is 5.11 Å². The van der Waals surface area contributed by atoms with Gasteiger partial charge in [-0.05, 0) is 11.6 Å². The highest BCUT2D eigenvalue weighted by atomic mass is 16.3. The molecule has 0 aliphatic carbocycles. The van der Waals surface area contributed by atoms with Crippen LogP contribution in [0.15, 0.2) is 36.5 Å². The molecule has 0 bridgehead atoms. The third-order valence-corrected chi connectivity index (χ3v) is 1.82. The molecule has 0 fully saturated rings. The molecule has 0 saturated heterocycles. The van der Waals surface area contributed by atoms with Crippen LogP contribution in [0.1, 0.15) is 11.4 Å². The van der Waals surface area contributed by atoms with Crippen LogP contribution in [0.25, 0.3) is 12.2 Å². The van der Waals surface area contributed by atoms with Crippen LogP contribution in [0.2, 0.25) is 0 Å². The number of hydrogen-bond donors (Lipinski definition) is 2. The summed E-state index contributed by atoms with van der Waals surface area (Å²) in [6, 6.07) is 9.91. The molecule has 70 valence electrons. The molecular weight excluding hydrogens is 176 g/mol. The van der Waals surface area contributed by atoms with Crippen LogP contribution in [0.4, 0.5) is 0 Å². The Morgan fingerprint density at radius 2 is 1.93 bits per heavy atom. The number of nitrogens with zero attached hydrogens (tertiary/aromatic N) is 1. The van der Waals surface area contributed by atoms with Crippen molar-refractivity contribution in [2.75, 3.05) is 0 Å². The largest absolute Gasteiger partial charge is 0.493 e. The summed E-state index contributed by atoms with van der Waals surface area (Å²) >= 11 is 0. The molecule has 0 unspecified atom stereocenters. The van der Waals surface area contributed by atoms with Crippen molar-refractivity contribution in [2.45, 2.75) is 0 Å². The van der Waals surface area contributed by atoms with Gasteiger partial charge in [0.2, 0.25) is 5.88 Å². The van der Waals surface area contributed by atoms with E-state index in [1.807, 2.05) is 42.5 Å². The van der Waals surface area contributed by atoms with Gasteiger partial charge in [-0.15, -0.1) is 0 Å². The van der Waals surface area contributed by atoms with Gasteiger partial charge in [0.15, 0.2) is 0 Å². The lowest BCUT2D eigenvalue weighted by Gasteiger charge is -1.89. The number of nitrogens with one attached hydrogen (secondary N) is 1. The molecule has 0 atom stereocenters. The minimum Gasteiger partial charge on any atom is -0.493 e. The van der Waals surface area contributed by atoms with Gasteiger partial charge in [0.1, 0.15) is 5.82 Å². The molecule has 0 aliphatic rings. The monoisotopic (exact) mass is 186 g/mol. The molecule has 1 aromatic carbocycles. The molecule has 1 heterocycles. The summed E-state index contributed by atoms with van der Waals surface area (Å²) in [6.45, 7) is 0. The van der Waals surface area contributed by atoms with E-state index in [2.05, 4.69) is 9.97 Å². The number of aromatic amines is 1. The van der Waals surface area contributed by atoms with Crippen LogP contribution in [-0.4, -0.2) is 15.1 Å². The Morgan fingerprint density at radius 3 is 2.57 bits per heavy atom. The van der Waals surface area contributed by atoms with Crippen molar-refractivity contribution >= 4 is 12.2 Å². The first-order valence-electron chi connectivity index (χ1n) is 4.32. The molecule has 2 rings (SSSR count). The first-order chi connectivity index (χ1) is 6.84. The number of rotatable bonds is 2. The quantitative estimate of drug-likeness (QED) is 0.755. The van der Waals surface area contributed by atoms with E-state index in [0.29, 0.717) is 5.82 Å². The summed E-state index contributed by atoms with van der Waals surface area (Å²) in [7, 11) is 0. The molecule has 0 aliphatic heterocycles. The molecular formula is C11H10N2O. The Bertz CT molecular complexity index is 432. The summed E-state index contributed by atoms with van der Waals surface area (Å²) in [5.41, 5.74) is 1.10. The second-order valence-electron chi connectivity index (χ2n) is 2.90. The molecule has 2 N–H and O–H groups in total. The Balaban J connectivity index is 2.15. The Morgan fingerprint density at radius 1 is 1.14 bits per heavy atom. The van der Waals surface area contributed by atoms with E-state index < -0.39 is 0 Å². The molecule has 3 heteroatoms. The Kier molecular flexibility index (Phi) is 2.32. The predicted molar refractivity (Wildman–Crippen MR) is 55.6 cm³/mol. The minimum absolute atomic E-state index is 0.0812. The Hall–Kier alpha value is -2.03. The van der Waals surface area contributed by atoms with Crippen molar-refractivity contribution in [3.63, 3.8) is 0 Å². The molecule has 0 saturated carbocycles. The first-order valence-corrected chi connectivity index (χ1v) is 4.32. The van der Waals surface area contributed by atoms with Gasteiger partial charge < -0.3 is 10.1 Å². The normalized spacial score (nSPS) is 10.9. The Labute approximate surface area is 81.8 Å². The smallest absolute Gasteiger partial charge is 0.208 e. The van der Waals surface area contributed by atoms with Crippen LogP contribution >= 0.6 is 0 Å². The number of aromatic nitrogens is 2. The minimum atomic E-state index is 0.0812. The van der Waals surface area contributed by atoms with Gasteiger partial charge in [0.25, 0.3) is 0 Å². The van der Waals surface area contributed by atoms with Crippen LogP contribution < -0.4 is 0 Å². The van der Waals surface area contributed by atoms with E-state index in [9.17, 15) is 0 Å². The highest BCUT2D eigenvalue weighted by Crippen LogP contribution is 2.07. The summed E-state index contributed by atoms with van der Waals surface area (Å²) in [6.07, 6.45) is 5.12. The van der Waals surface area contributed by atoms with Crippen LogP contribution in [0.3, 0.4) is 0 Å². The predicted octanol–water partition coefficient (Wildman–Crippen LogP) is 2.29. The standard InChI is InChI=1S/C11H10N2O/c14-11-8-12-10(13-11)7-6-9-4-2-1-3-5-9/h1-8,14H,(H,12,13). The summed E-state index contributed by atoms with van der Waals surface area (Å²) in [5.74, 6) is 0.726. The van der Waals surface area contributed by atoms with Gasteiger partial charge in [-0.2, -0.15) is 0 Å². The summed E-state index contributed by atoms with van der Waals surface area (Å²) in [4.78, 5) is 6.64. The van der Waals surface area contributed by atoms with Gasteiger partial charge >= 0.3 is 0 Å². The maximum absolute atomic E-state index is 9.00. The number of hydrogen-bond acceptors (Lipinski definition) is 2. The van der Waals surface area contributed by atoms with Gasteiger partial charge in [-0.3, -0.25) is 0 Å². The van der Waals surface area contributed by atoms with Crippen LogP contribution in [-0.2, 0) is 0 Å². The lowest BCUT2D eigenvalue weighted by Crippen LogP contribution is -1.73. The fourth-order valence-electron chi connectivity index (χ4n) is 1.15. The average Bonchev–Trinajstić information content (AvgIpc) is 2.63. The molecule has 2 aromatic rings. The van der Waals surface area contributed by atoms with Crippen molar-refractivity contribution in [1.29, 1.82) is 0 Å². The van der Waals surface area contributed by atoms with E-state index >= 15 is 0 Å². The van der Waals surface area contributed by atoms with Crippen molar-refractivity contribution in [1.82, 2.24) is 9.97 Å². The number of aromatic hydroxyl groups is 1. The molecule has 3 nitrogen and oxygen atoms in total. The van der Waals surface area contributed by atoms with Crippen molar-refractivity contribution in [3.05, 3.63) is 47.9 Å². The maximum atomic E-state index is 9.00. The van der Waals surface area contributed by atoms with E-state index in [0.717, 1.165) is 5.56 Å². The third kappa shape index (κ3) is 2.01.